The number of aryl methyl sites for hydroxylation is 2. The van der Waals surface area contributed by atoms with E-state index < -0.39 is 0 Å². The third kappa shape index (κ3) is 3.34. The Morgan fingerprint density at radius 2 is 1.82 bits per heavy atom. The summed E-state index contributed by atoms with van der Waals surface area (Å²) >= 11 is 0. The Hall–Kier alpha value is -3.60. The minimum atomic E-state index is -0.229. The fraction of sp³-hybridized carbons (Fsp3) is 0.130. The monoisotopic (exact) mass is 371 g/mol. The molecule has 1 amide bonds. The van der Waals surface area contributed by atoms with Gasteiger partial charge in [0.2, 0.25) is 5.56 Å². The maximum absolute atomic E-state index is 12.4. The Kier molecular flexibility index (Phi) is 4.57. The molecule has 2 aromatic heterocycles. The molecule has 0 aliphatic carbocycles. The Labute approximate surface area is 162 Å². The Morgan fingerprint density at radius 3 is 2.54 bits per heavy atom. The van der Waals surface area contributed by atoms with Crippen LogP contribution in [0.15, 0.2) is 65.6 Å². The van der Waals surface area contributed by atoms with Crippen LogP contribution in [0.4, 0.5) is 0 Å². The first-order chi connectivity index (χ1) is 13.5. The van der Waals surface area contributed by atoms with Crippen molar-refractivity contribution in [3.8, 4) is 11.3 Å². The first-order valence-electron chi connectivity index (χ1n) is 9.17. The van der Waals surface area contributed by atoms with Gasteiger partial charge in [0, 0.05) is 29.9 Å². The van der Waals surface area contributed by atoms with E-state index in [0.717, 1.165) is 33.3 Å². The highest BCUT2D eigenvalue weighted by atomic mass is 16.1. The standard InChI is InChI=1S/C23H21N3O2/c1-14-10-18(13-25-23(28)17-8-9-20(27)24-12-17)22-19(11-14)15(2)21(26-22)16-6-4-3-5-7-16/h3-12,26H,13H2,1-2H3,(H,24,27)(H,25,28). The van der Waals surface area contributed by atoms with Crippen molar-refractivity contribution >= 4 is 16.8 Å². The molecule has 0 fully saturated rings. The molecule has 0 saturated carbocycles. The van der Waals surface area contributed by atoms with E-state index in [4.69, 9.17) is 0 Å². The zero-order valence-electron chi connectivity index (χ0n) is 15.8. The molecule has 5 heteroatoms. The topological polar surface area (TPSA) is 77.8 Å². The van der Waals surface area contributed by atoms with Crippen LogP contribution in [0.3, 0.4) is 0 Å². The lowest BCUT2D eigenvalue weighted by Crippen LogP contribution is -2.23. The molecule has 2 aromatic carbocycles. The van der Waals surface area contributed by atoms with E-state index in [2.05, 4.69) is 53.4 Å². The van der Waals surface area contributed by atoms with Gasteiger partial charge in [0.1, 0.15) is 0 Å². The molecule has 0 saturated heterocycles. The van der Waals surface area contributed by atoms with Gasteiger partial charge in [-0.3, -0.25) is 9.59 Å². The van der Waals surface area contributed by atoms with Crippen molar-refractivity contribution in [2.24, 2.45) is 0 Å². The number of amides is 1. The van der Waals surface area contributed by atoms with Gasteiger partial charge in [-0.25, -0.2) is 0 Å². The molecule has 0 atom stereocenters. The minimum absolute atomic E-state index is 0.225. The summed E-state index contributed by atoms with van der Waals surface area (Å²) in [5.41, 5.74) is 6.82. The van der Waals surface area contributed by atoms with Gasteiger partial charge in [-0.15, -0.1) is 0 Å². The second kappa shape index (κ2) is 7.19. The maximum atomic E-state index is 12.4. The molecule has 0 unspecified atom stereocenters. The number of H-pyrrole nitrogens is 2. The van der Waals surface area contributed by atoms with Crippen LogP contribution in [0.25, 0.3) is 22.2 Å². The van der Waals surface area contributed by atoms with E-state index in [-0.39, 0.29) is 11.5 Å². The van der Waals surface area contributed by atoms with Gasteiger partial charge < -0.3 is 15.3 Å². The first-order valence-corrected chi connectivity index (χ1v) is 9.17. The number of aromatic amines is 2. The van der Waals surface area contributed by atoms with Crippen LogP contribution >= 0.6 is 0 Å². The molecular weight excluding hydrogens is 350 g/mol. The van der Waals surface area contributed by atoms with Gasteiger partial charge in [-0.2, -0.15) is 0 Å². The lowest BCUT2D eigenvalue weighted by atomic mass is 10.0. The number of rotatable bonds is 4. The van der Waals surface area contributed by atoms with E-state index >= 15 is 0 Å². The van der Waals surface area contributed by atoms with E-state index in [1.807, 2.05) is 18.2 Å². The van der Waals surface area contributed by atoms with Crippen molar-refractivity contribution in [2.75, 3.05) is 0 Å². The number of hydrogen-bond donors (Lipinski definition) is 3. The zero-order valence-corrected chi connectivity index (χ0v) is 15.8. The molecule has 5 nitrogen and oxygen atoms in total. The smallest absolute Gasteiger partial charge is 0.253 e. The molecule has 4 rings (SSSR count). The molecule has 0 bridgehead atoms. The Morgan fingerprint density at radius 1 is 1.04 bits per heavy atom. The van der Waals surface area contributed by atoms with Crippen molar-refractivity contribution in [1.82, 2.24) is 15.3 Å². The molecule has 2 heterocycles. The van der Waals surface area contributed by atoms with Gasteiger partial charge >= 0.3 is 0 Å². The maximum Gasteiger partial charge on any atom is 0.253 e. The molecule has 0 aliphatic rings. The molecule has 28 heavy (non-hydrogen) atoms. The van der Waals surface area contributed by atoms with E-state index in [0.29, 0.717) is 12.1 Å². The highest BCUT2D eigenvalue weighted by Crippen LogP contribution is 2.32. The van der Waals surface area contributed by atoms with Gasteiger partial charge in [-0.05, 0) is 42.7 Å². The van der Waals surface area contributed by atoms with Crippen LogP contribution in [0.5, 0.6) is 0 Å². The van der Waals surface area contributed by atoms with Crippen LogP contribution in [0.1, 0.15) is 27.0 Å². The number of nitrogens with one attached hydrogen (secondary N) is 3. The summed E-state index contributed by atoms with van der Waals surface area (Å²) in [6.45, 7) is 4.56. The molecule has 4 aromatic rings. The number of pyridine rings is 1. The molecule has 3 N–H and O–H groups in total. The quantitative estimate of drug-likeness (QED) is 0.506. The number of aromatic nitrogens is 2. The highest BCUT2D eigenvalue weighted by Gasteiger charge is 2.14. The number of benzene rings is 2. The van der Waals surface area contributed by atoms with Crippen molar-refractivity contribution in [2.45, 2.75) is 20.4 Å². The lowest BCUT2D eigenvalue weighted by molar-refractivity contribution is 0.0950. The second-order valence-corrected chi connectivity index (χ2v) is 6.96. The zero-order chi connectivity index (χ0) is 19.7. The highest BCUT2D eigenvalue weighted by molar-refractivity contribution is 5.95. The van der Waals surface area contributed by atoms with Gasteiger partial charge in [0.25, 0.3) is 5.91 Å². The second-order valence-electron chi connectivity index (χ2n) is 6.96. The third-order valence-electron chi connectivity index (χ3n) is 4.94. The molecule has 0 spiro atoms. The Bertz CT molecular complexity index is 1200. The van der Waals surface area contributed by atoms with Crippen molar-refractivity contribution in [3.05, 3.63) is 93.4 Å². The summed E-state index contributed by atoms with van der Waals surface area (Å²) in [7, 11) is 0. The number of carbonyl (C=O) groups is 1. The van der Waals surface area contributed by atoms with Gasteiger partial charge in [-0.1, -0.05) is 42.0 Å². The van der Waals surface area contributed by atoms with Crippen LogP contribution in [-0.4, -0.2) is 15.9 Å². The molecule has 0 aliphatic heterocycles. The normalized spacial score (nSPS) is 10.9. The van der Waals surface area contributed by atoms with Crippen molar-refractivity contribution < 1.29 is 4.79 Å². The van der Waals surface area contributed by atoms with Crippen LogP contribution in [-0.2, 0) is 6.54 Å². The summed E-state index contributed by atoms with van der Waals surface area (Å²) in [6, 6.07) is 17.3. The first kappa shape index (κ1) is 17.8. The van der Waals surface area contributed by atoms with Gasteiger partial charge in [0.15, 0.2) is 0 Å². The fourth-order valence-electron chi connectivity index (χ4n) is 3.52. The summed E-state index contributed by atoms with van der Waals surface area (Å²) < 4.78 is 0. The van der Waals surface area contributed by atoms with Gasteiger partial charge in [0.05, 0.1) is 11.1 Å². The molecular formula is C23H21N3O2. The predicted octanol–water partition coefficient (Wildman–Crippen LogP) is 4.07. The summed E-state index contributed by atoms with van der Waals surface area (Å²) in [6.07, 6.45) is 1.43. The summed E-state index contributed by atoms with van der Waals surface area (Å²) in [5.74, 6) is -0.225. The number of fused-ring (bicyclic) bond motifs is 1. The van der Waals surface area contributed by atoms with E-state index in [1.54, 1.807) is 0 Å². The molecule has 0 radical (unpaired) electrons. The van der Waals surface area contributed by atoms with Crippen LogP contribution < -0.4 is 10.9 Å². The lowest BCUT2D eigenvalue weighted by Gasteiger charge is -2.08. The number of hydrogen-bond acceptors (Lipinski definition) is 2. The third-order valence-corrected chi connectivity index (χ3v) is 4.94. The number of carbonyl (C=O) groups excluding carboxylic acids is 1. The Balaban J connectivity index is 1.68. The predicted molar refractivity (Wildman–Crippen MR) is 111 cm³/mol. The summed E-state index contributed by atoms with van der Waals surface area (Å²) in [5, 5.41) is 4.10. The van der Waals surface area contributed by atoms with Crippen molar-refractivity contribution in [1.29, 1.82) is 0 Å². The minimum Gasteiger partial charge on any atom is -0.354 e. The summed E-state index contributed by atoms with van der Waals surface area (Å²) in [4.78, 5) is 29.6. The molecule has 140 valence electrons. The fourth-order valence-corrected chi connectivity index (χ4v) is 3.52. The van der Waals surface area contributed by atoms with Crippen molar-refractivity contribution in [3.63, 3.8) is 0 Å². The van der Waals surface area contributed by atoms with E-state index in [1.165, 1.54) is 23.9 Å². The average molecular weight is 371 g/mol. The van der Waals surface area contributed by atoms with Crippen LogP contribution in [0, 0.1) is 13.8 Å². The largest absolute Gasteiger partial charge is 0.354 e. The van der Waals surface area contributed by atoms with E-state index in [9.17, 15) is 9.59 Å². The SMILES string of the molecule is Cc1cc(CNC(=O)c2ccc(=O)[nH]c2)c2[nH]c(-c3ccccc3)c(C)c2c1. The average Bonchev–Trinajstić information content (AvgIpc) is 3.04. The van der Waals surface area contributed by atoms with Crippen LogP contribution in [0.2, 0.25) is 0 Å².